The lowest BCUT2D eigenvalue weighted by Gasteiger charge is -2.14. The average molecular weight is 335 g/mol. The maximum Gasteiger partial charge on any atom is 0.264 e. The number of nitrogens with one attached hydrogen (secondary N) is 1. The van der Waals surface area contributed by atoms with Crippen LogP contribution in [0.1, 0.15) is 25.7 Å². The normalized spacial score (nSPS) is 15.5. The van der Waals surface area contributed by atoms with Crippen molar-refractivity contribution in [2.75, 3.05) is 4.72 Å². The fourth-order valence-electron chi connectivity index (χ4n) is 2.70. The van der Waals surface area contributed by atoms with E-state index in [9.17, 15) is 12.8 Å². The van der Waals surface area contributed by atoms with Gasteiger partial charge in [-0.2, -0.15) is 0 Å². The van der Waals surface area contributed by atoms with E-state index < -0.39 is 15.8 Å². The summed E-state index contributed by atoms with van der Waals surface area (Å²) in [6.45, 7) is 0. The summed E-state index contributed by atoms with van der Waals surface area (Å²) >= 11 is 0. The highest BCUT2D eigenvalue weighted by Gasteiger charge is 2.20. The molecule has 0 amide bonds. The van der Waals surface area contributed by atoms with E-state index in [1.807, 2.05) is 0 Å². The highest BCUT2D eigenvalue weighted by Crippen LogP contribution is 2.27. The number of rotatable bonds is 5. The number of halogens is 1. The third-order valence-corrected chi connectivity index (χ3v) is 5.23. The Morgan fingerprint density at radius 1 is 1.04 bits per heavy atom. The smallest absolute Gasteiger partial charge is 0.264 e. The van der Waals surface area contributed by atoms with Crippen LogP contribution in [0.25, 0.3) is 0 Å². The monoisotopic (exact) mass is 335 g/mol. The van der Waals surface area contributed by atoms with Crippen LogP contribution in [-0.2, 0) is 10.0 Å². The van der Waals surface area contributed by atoms with E-state index in [0.717, 1.165) is 31.7 Å². The van der Waals surface area contributed by atoms with Crippen molar-refractivity contribution in [3.8, 4) is 5.75 Å². The predicted octanol–water partition coefficient (Wildman–Crippen LogP) is 3.95. The second-order valence-corrected chi connectivity index (χ2v) is 7.24. The Labute approximate surface area is 135 Å². The molecule has 0 saturated heterocycles. The number of hydrogen-bond acceptors (Lipinski definition) is 3. The molecule has 4 nitrogen and oxygen atoms in total. The molecule has 2 aromatic rings. The van der Waals surface area contributed by atoms with Crippen molar-refractivity contribution in [3.63, 3.8) is 0 Å². The molecule has 3 rings (SSSR count). The molecule has 1 fully saturated rings. The van der Waals surface area contributed by atoms with Gasteiger partial charge in [-0.15, -0.1) is 0 Å². The molecule has 2 aromatic carbocycles. The van der Waals surface area contributed by atoms with Crippen LogP contribution in [0.15, 0.2) is 53.4 Å². The second-order valence-electron chi connectivity index (χ2n) is 5.59. The maximum absolute atomic E-state index is 13.7. The Morgan fingerprint density at radius 3 is 2.52 bits per heavy atom. The minimum Gasteiger partial charge on any atom is -0.490 e. The Hall–Kier alpha value is -2.08. The molecule has 1 saturated carbocycles. The Bertz CT molecular complexity index is 786. The SMILES string of the molecule is O=S(=O)(Nc1cccc(OC2CCCC2)c1)c1ccccc1F. The molecule has 0 aliphatic heterocycles. The van der Waals surface area contributed by atoms with Crippen LogP contribution < -0.4 is 9.46 Å². The molecule has 1 aliphatic rings. The minimum atomic E-state index is -3.97. The zero-order chi connectivity index (χ0) is 16.3. The van der Waals surface area contributed by atoms with E-state index in [1.165, 1.54) is 18.2 Å². The van der Waals surface area contributed by atoms with Crippen molar-refractivity contribution in [2.24, 2.45) is 0 Å². The third kappa shape index (κ3) is 3.82. The van der Waals surface area contributed by atoms with Gasteiger partial charge in [-0.05, 0) is 49.9 Å². The molecular weight excluding hydrogens is 317 g/mol. The van der Waals surface area contributed by atoms with Gasteiger partial charge in [-0.1, -0.05) is 18.2 Å². The summed E-state index contributed by atoms with van der Waals surface area (Å²) in [7, 11) is -3.97. The zero-order valence-electron chi connectivity index (χ0n) is 12.5. The molecule has 23 heavy (non-hydrogen) atoms. The number of hydrogen-bond donors (Lipinski definition) is 1. The lowest BCUT2D eigenvalue weighted by atomic mass is 10.3. The fourth-order valence-corrected chi connectivity index (χ4v) is 3.83. The largest absolute Gasteiger partial charge is 0.490 e. The van der Waals surface area contributed by atoms with E-state index in [-0.39, 0.29) is 11.0 Å². The van der Waals surface area contributed by atoms with E-state index >= 15 is 0 Å². The first-order valence-electron chi connectivity index (χ1n) is 7.59. The predicted molar refractivity (Wildman–Crippen MR) is 86.5 cm³/mol. The van der Waals surface area contributed by atoms with Crippen molar-refractivity contribution in [1.29, 1.82) is 0 Å². The molecule has 6 heteroatoms. The minimum absolute atomic E-state index is 0.188. The van der Waals surface area contributed by atoms with Gasteiger partial charge >= 0.3 is 0 Å². The van der Waals surface area contributed by atoms with Crippen LogP contribution >= 0.6 is 0 Å². The van der Waals surface area contributed by atoms with Crippen LogP contribution in [0.3, 0.4) is 0 Å². The highest BCUT2D eigenvalue weighted by atomic mass is 32.2. The molecule has 1 N–H and O–H groups in total. The summed E-state index contributed by atoms with van der Waals surface area (Å²) < 4.78 is 46.5. The third-order valence-electron chi connectivity index (χ3n) is 3.82. The topological polar surface area (TPSA) is 55.4 Å². The molecule has 0 spiro atoms. The Morgan fingerprint density at radius 2 is 1.78 bits per heavy atom. The van der Waals surface area contributed by atoms with Crippen molar-refractivity contribution < 1.29 is 17.5 Å². The molecule has 1 aliphatic carbocycles. The fraction of sp³-hybridized carbons (Fsp3) is 0.294. The van der Waals surface area contributed by atoms with Gasteiger partial charge in [-0.25, -0.2) is 12.8 Å². The van der Waals surface area contributed by atoms with Gasteiger partial charge in [0.25, 0.3) is 10.0 Å². The van der Waals surface area contributed by atoms with Crippen LogP contribution in [0, 0.1) is 5.82 Å². The highest BCUT2D eigenvalue weighted by molar-refractivity contribution is 7.92. The number of sulfonamides is 1. The van der Waals surface area contributed by atoms with E-state index in [4.69, 9.17) is 4.74 Å². The maximum atomic E-state index is 13.7. The molecular formula is C17H18FNO3S. The van der Waals surface area contributed by atoms with Crippen LogP contribution in [-0.4, -0.2) is 14.5 Å². The molecule has 0 unspecified atom stereocenters. The van der Waals surface area contributed by atoms with Crippen LogP contribution in [0.4, 0.5) is 10.1 Å². The summed E-state index contributed by atoms with van der Waals surface area (Å²) in [4.78, 5) is -0.373. The number of benzene rings is 2. The summed E-state index contributed by atoms with van der Waals surface area (Å²) in [6.07, 6.45) is 4.54. The van der Waals surface area contributed by atoms with Crippen molar-refractivity contribution in [2.45, 2.75) is 36.7 Å². The number of anilines is 1. The van der Waals surface area contributed by atoms with Gasteiger partial charge in [0.05, 0.1) is 11.8 Å². The van der Waals surface area contributed by atoms with Crippen LogP contribution in [0.2, 0.25) is 0 Å². The van der Waals surface area contributed by atoms with Crippen molar-refractivity contribution >= 4 is 15.7 Å². The van der Waals surface area contributed by atoms with Gasteiger partial charge in [0.15, 0.2) is 0 Å². The van der Waals surface area contributed by atoms with Gasteiger partial charge < -0.3 is 4.74 Å². The number of ether oxygens (including phenoxy) is 1. The Kier molecular flexibility index (Phi) is 4.52. The van der Waals surface area contributed by atoms with E-state index in [1.54, 1.807) is 24.3 Å². The molecule has 0 radical (unpaired) electrons. The van der Waals surface area contributed by atoms with Gasteiger partial charge in [-0.3, -0.25) is 4.72 Å². The summed E-state index contributed by atoms with van der Waals surface area (Å²) in [5.41, 5.74) is 0.351. The zero-order valence-corrected chi connectivity index (χ0v) is 13.4. The molecule has 0 heterocycles. The molecule has 122 valence electrons. The van der Waals surface area contributed by atoms with Gasteiger partial charge in [0.2, 0.25) is 0 Å². The quantitative estimate of drug-likeness (QED) is 0.900. The first-order valence-corrected chi connectivity index (χ1v) is 9.07. The first kappa shape index (κ1) is 15.8. The summed E-state index contributed by atoms with van der Waals surface area (Å²) in [6, 6.07) is 12.0. The van der Waals surface area contributed by atoms with Crippen LogP contribution in [0.5, 0.6) is 5.75 Å². The summed E-state index contributed by atoms with van der Waals surface area (Å²) in [5.74, 6) is -0.163. The standard InChI is InChI=1S/C17H18FNO3S/c18-16-10-3-4-11-17(16)23(20,21)19-13-6-5-9-15(12-13)22-14-7-1-2-8-14/h3-6,9-12,14,19H,1-2,7-8H2. The average Bonchev–Trinajstić information content (AvgIpc) is 3.00. The lowest BCUT2D eigenvalue weighted by Crippen LogP contribution is -2.15. The Balaban J connectivity index is 1.78. The van der Waals surface area contributed by atoms with Crippen molar-refractivity contribution in [1.82, 2.24) is 0 Å². The van der Waals surface area contributed by atoms with Crippen molar-refractivity contribution in [3.05, 3.63) is 54.3 Å². The van der Waals surface area contributed by atoms with E-state index in [0.29, 0.717) is 11.4 Å². The molecule has 0 atom stereocenters. The van der Waals surface area contributed by atoms with Gasteiger partial charge in [0, 0.05) is 6.07 Å². The van der Waals surface area contributed by atoms with E-state index in [2.05, 4.69) is 4.72 Å². The second kappa shape index (κ2) is 6.58. The summed E-state index contributed by atoms with van der Waals surface area (Å²) in [5, 5.41) is 0. The first-order chi connectivity index (χ1) is 11.0. The van der Waals surface area contributed by atoms with Gasteiger partial charge in [0.1, 0.15) is 16.5 Å². The molecule has 0 bridgehead atoms. The lowest BCUT2D eigenvalue weighted by molar-refractivity contribution is 0.210. The molecule has 0 aromatic heterocycles.